The third-order valence-corrected chi connectivity index (χ3v) is 11.0. The van der Waals surface area contributed by atoms with Gasteiger partial charge in [0.05, 0.1) is 50.0 Å². The lowest BCUT2D eigenvalue weighted by Gasteiger charge is -2.17. The molecule has 0 unspecified atom stereocenters. The second-order valence-electron chi connectivity index (χ2n) is 13.6. The second kappa shape index (κ2) is 11.0. The van der Waals surface area contributed by atoms with Crippen molar-refractivity contribution >= 4 is 82.4 Å². The molecule has 0 spiro atoms. The first-order valence-corrected chi connectivity index (χ1v) is 17.8. The van der Waals surface area contributed by atoms with E-state index in [2.05, 4.69) is 159 Å². The highest BCUT2D eigenvalue weighted by atomic mass is 15.0. The van der Waals surface area contributed by atoms with Gasteiger partial charge in [0.25, 0.3) is 0 Å². The fourth-order valence-electron chi connectivity index (χ4n) is 8.74. The number of hydrogen-bond donors (Lipinski definition) is 1. The Balaban J connectivity index is 1.23. The molecular formula is C48H29N5. The summed E-state index contributed by atoms with van der Waals surface area (Å²) in [6, 6.07) is 59.9. The maximum atomic E-state index is 10.8. The van der Waals surface area contributed by atoms with Crippen LogP contribution in [0, 0.1) is 16.7 Å². The summed E-state index contributed by atoms with van der Waals surface area (Å²) in [6.45, 7) is 0. The molecule has 3 heterocycles. The Morgan fingerprint density at radius 2 is 0.925 bits per heavy atom. The van der Waals surface area contributed by atoms with Gasteiger partial charge in [-0.2, -0.15) is 5.26 Å². The molecule has 5 nitrogen and oxygen atoms in total. The molecule has 0 saturated carbocycles. The highest BCUT2D eigenvalue weighted by molar-refractivity contribution is 6.22. The molecule has 0 aliphatic carbocycles. The van der Waals surface area contributed by atoms with E-state index in [1.54, 1.807) is 0 Å². The Hall–Kier alpha value is -7.42. The number of aromatic nitrogens is 3. The van der Waals surface area contributed by atoms with Crippen LogP contribution in [0.2, 0.25) is 0 Å². The molecule has 11 aromatic rings. The first-order chi connectivity index (χ1) is 26.2. The number of benzene rings is 8. The van der Waals surface area contributed by atoms with Crippen molar-refractivity contribution in [3.05, 3.63) is 175 Å². The summed E-state index contributed by atoms with van der Waals surface area (Å²) < 4.78 is 6.76. The van der Waals surface area contributed by atoms with Crippen molar-refractivity contribution in [3.63, 3.8) is 0 Å². The zero-order chi connectivity index (χ0) is 35.2. The summed E-state index contributed by atoms with van der Waals surface area (Å²) in [5.74, 6) is 0. The largest absolute Gasteiger partial charge is 0.309 e. The maximum Gasteiger partial charge on any atom is 0.101 e. The molecule has 0 aliphatic rings. The Morgan fingerprint density at radius 1 is 0.434 bits per heavy atom. The maximum absolute atomic E-state index is 10.8. The van der Waals surface area contributed by atoms with Gasteiger partial charge in [0.2, 0.25) is 0 Å². The van der Waals surface area contributed by atoms with Crippen LogP contribution < -0.4 is 0 Å². The Labute approximate surface area is 303 Å². The summed E-state index contributed by atoms with van der Waals surface area (Å²) in [6.07, 6.45) is 1.42. The number of nitriles is 1. The molecule has 0 saturated heterocycles. The SMILES string of the molecule is N#Cc1cc(-n2c3ccc(-n4c5ccccc5c5ccccc54)cc3c3c4ccccc4ccc32)c(C=N)cc1-n1c2ccccc2c2ccccc21. The molecule has 53 heavy (non-hydrogen) atoms. The van der Waals surface area contributed by atoms with Gasteiger partial charge in [0.15, 0.2) is 0 Å². The lowest BCUT2D eigenvalue weighted by atomic mass is 10.0. The molecule has 0 aliphatic heterocycles. The van der Waals surface area contributed by atoms with Gasteiger partial charge in [0.1, 0.15) is 6.07 Å². The zero-order valence-corrected chi connectivity index (χ0v) is 28.5. The lowest BCUT2D eigenvalue weighted by Crippen LogP contribution is -2.05. The van der Waals surface area contributed by atoms with Crippen molar-refractivity contribution in [2.75, 3.05) is 0 Å². The number of fused-ring (bicyclic) bond motifs is 11. The van der Waals surface area contributed by atoms with E-state index in [0.717, 1.165) is 88.0 Å². The number of hydrogen-bond acceptors (Lipinski definition) is 2. The third-order valence-electron chi connectivity index (χ3n) is 11.0. The first kappa shape index (κ1) is 29.3. The highest BCUT2D eigenvalue weighted by Gasteiger charge is 2.22. The zero-order valence-electron chi connectivity index (χ0n) is 28.5. The molecule has 3 aromatic heterocycles. The van der Waals surface area contributed by atoms with Crippen LogP contribution in [-0.2, 0) is 0 Å². The van der Waals surface area contributed by atoms with Gasteiger partial charge in [0, 0.05) is 49.8 Å². The molecule has 5 heteroatoms. The number of nitrogens with zero attached hydrogens (tertiary/aromatic N) is 4. The molecule has 0 radical (unpaired) electrons. The number of nitrogens with one attached hydrogen (secondary N) is 1. The average molecular weight is 676 g/mol. The van der Waals surface area contributed by atoms with E-state index < -0.39 is 0 Å². The minimum atomic E-state index is 0.537. The van der Waals surface area contributed by atoms with Crippen LogP contribution in [0.25, 0.3) is 93.3 Å². The van der Waals surface area contributed by atoms with E-state index in [0.29, 0.717) is 5.56 Å². The first-order valence-electron chi connectivity index (χ1n) is 17.8. The molecule has 246 valence electrons. The van der Waals surface area contributed by atoms with E-state index in [1.807, 2.05) is 24.3 Å². The van der Waals surface area contributed by atoms with E-state index >= 15 is 0 Å². The van der Waals surface area contributed by atoms with Crippen LogP contribution in [0.3, 0.4) is 0 Å². The molecule has 0 amide bonds. The quantitative estimate of drug-likeness (QED) is 0.185. The molecule has 0 fully saturated rings. The normalized spacial score (nSPS) is 11.8. The predicted octanol–water partition coefficient (Wildman–Crippen LogP) is 12.0. The van der Waals surface area contributed by atoms with Gasteiger partial charge in [-0.05, 0) is 71.4 Å². The van der Waals surface area contributed by atoms with Crippen LogP contribution in [0.4, 0.5) is 0 Å². The molecule has 11 rings (SSSR count). The number of para-hydroxylation sites is 4. The fourth-order valence-corrected chi connectivity index (χ4v) is 8.74. The molecule has 0 atom stereocenters. The Kier molecular flexibility index (Phi) is 6.11. The van der Waals surface area contributed by atoms with Gasteiger partial charge in [-0.1, -0.05) is 103 Å². The van der Waals surface area contributed by atoms with Crippen LogP contribution >= 0.6 is 0 Å². The van der Waals surface area contributed by atoms with Gasteiger partial charge in [-0.15, -0.1) is 0 Å². The van der Waals surface area contributed by atoms with Gasteiger partial charge < -0.3 is 19.1 Å². The summed E-state index contributed by atoms with van der Waals surface area (Å²) in [5.41, 5.74) is 10.3. The van der Waals surface area contributed by atoms with Crippen molar-refractivity contribution in [1.29, 1.82) is 10.7 Å². The fraction of sp³-hybridized carbons (Fsp3) is 0. The lowest BCUT2D eigenvalue weighted by molar-refractivity contribution is 1.13. The smallest absolute Gasteiger partial charge is 0.101 e. The minimum Gasteiger partial charge on any atom is -0.309 e. The van der Waals surface area contributed by atoms with E-state index in [1.165, 1.54) is 17.0 Å². The summed E-state index contributed by atoms with van der Waals surface area (Å²) in [4.78, 5) is 0. The molecule has 1 N–H and O–H groups in total. The monoisotopic (exact) mass is 675 g/mol. The van der Waals surface area contributed by atoms with Crippen LogP contribution in [0.1, 0.15) is 11.1 Å². The topological polar surface area (TPSA) is 62.4 Å². The predicted molar refractivity (Wildman–Crippen MR) is 220 cm³/mol. The average Bonchev–Trinajstić information content (AvgIpc) is 3.86. The van der Waals surface area contributed by atoms with Crippen molar-refractivity contribution in [2.24, 2.45) is 0 Å². The van der Waals surface area contributed by atoms with Crippen molar-refractivity contribution in [1.82, 2.24) is 13.7 Å². The second-order valence-corrected chi connectivity index (χ2v) is 13.6. The summed E-state index contributed by atoms with van der Waals surface area (Å²) >= 11 is 0. The van der Waals surface area contributed by atoms with E-state index in [4.69, 9.17) is 5.41 Å². The Bertz CT molecular complexity index is 3280. The third kappa shape index (κ3) is 4.03. The molecule has 8 aromatic carbocycles. The Morgan fingerprint density at radius 3 is 1.51 bits per heavy atom. The van der Waals surface area contributed by atoms with Crippen LogP contribution in [-0.4, -0.2) is 19.9 Å². The summed E-state index contributed by atoms with van der Waals surface area (Å²) in [7, 11) is 0. The standard InChI is InChI=1S/C48H29N5/c49-28-31-26-47(32(29-50)25-46(31)52-42-19-9-5-15-37(42)38-16-6-10-20-43(38)52)53-44-24-22-33(27-39(44)48-34-12-2-1-11-30(34)21-23-45(48)53)51-40-17-7-3-13-35(40)36-14-4-8-18-41(36)51/h1-27,29,50H. The van der Waals surface area contributed by atoms with E-state index in [-0.39, 0.29) is 0 Å². The van der Waals surface area contributed by atoms with Crippen molar-refractivity contribution in [3.8, 4) is 23.1 Å². The summed E-state index contributed by atoms with van der Waals surface area (Å²) in [5, 5.41) is 28.8. The minimum absolute atomic E-state index is 0.537. The molecule has 0 bridgehead atoms. The number of rotatable bonds is 4. The van der Waals surface area contributed by atoms with Crippen LogP contribution in [0.5, 0.6) is 0 Å². The van der Waals surface area contributed by atoms with Crippen molar-refractivity contribution < 1.29 is 0 Å². The van der Waals surface area contributed by atoms with Crippen molar-refractivity contribution in [2.45, 2.75) is 0 Å². The van der Waals surface area contributed by atoms with Gasteiger partial charge in [-0.3, -0.25) is 0 Å². The highest BCUT2D eigenvalue weighted by Crippen LogP contribution is 2.41. The molecular weight excluding hydrogens is 647 g/mol. The van der Waals surface area contributed by atoms with E-state index in [9.17, 15) is 5.26 Å². The van der Waals surface area contributed by atoms with Gasteiger partial charge in [-0.25, -0.2) is 0 Å². The van der Waals surface area contributed by atoms with Crippen LogP contribution in [0.15, 0.2) is 164 Å². The van der Waals surface area contributed by atoms with Gasteiger partial charge >= 0.3 is 0 Å².